The number of rotatable bonds is 5. The van der Waals surface area contributed by atoms with Crippen molar-refractivity contribution in [3.05, 3.63) is 0 Å². The first-order valence-electron chi connectivity index (χ1n) is 6.96. The molecule has 2 fully saturated rings. The van der Waals surface area contributed by atoms with E-state index in [-0.39, 0.29) is 0 Å². The van der Waals surface area contributed by atoms with Gasteiger partial charge < -0.3 is 15.4 Å². The van der Waals surface area contributed by atoms with Crippen molar-refractivity contribution in [2.75, 3.05) is 13.6 Å². The molecule has 0 saturated carbocycles. The summed E-state index contributed by atoms with van der Waals surface area (Å²) in [7, 11) is 1.84. The molecule has 4 nitrogen and oxygen atoms in total. The number of hydrogen-bond acceptors (Lipinski definition) is 2. The Bertz CT molecular complexity index is 267. The molecule has 0 aromatic rings. The maximum absolute atomic E-state index is 5.83. The number of ether oxygens (including phenoxy) is 1. The Kier molecular flexibility index (Phi) is 4.66. The predicted molar refractivity (Wildman–Crippen MR) is 70.3 cm³/mol. The van der Waals surface area contributed by atoms with E-state index in [1.165, 1.54) is 32.1 Å². The van der Waals surface area contributed by atoms with Gasteiger partial charge in [0.25, 0.3) is 0 Å². The zero-order valence-electron chi connectivity index (χ0n) is 11.0. The summed E-state index contributed by atoms with van der Waals surface area (Å²) in [6.45, 7) is 3.23. The predicted octanol–water partition coefficient (Wildman–Crippen LogP) is 1.66. The smallest absolute Gasteiger partial charge is 0.191 e. The van der Waals surface area contributed by atoms with Crippen LogP contribution < -0.4 is 10.6 Å². The molecule has 17 heavy (non-hydrogen) atoms. The largest absolute Gasteiger partial charge is 0.373 e. The summed E-state index contributed by atoms with van der Waals surface area (Å²) in [4.78, 5) is 4.27. The zero-order chi connectivity index (χ0) is 12.1. The van der Waals surface area contributed by atoms with Crippen LogP contribution in [0.25, 0.3) is 0 Å². The summed E-state index contributed by atoms with van der Waals surface area (Å²) in [5, 5.41) is 6.86. The quantitative estimate of drug-likeness (QED) is 0.436. The molecule has 2 heterocycles. The average molecular weight is 239 g/mol. The second kappa shape index (κ2) is 6.24. The van der Waals surface area contributed by atoms with E-state index in [0.29, 0.717) is 18.2 Å². The number of guanidine groups is 1. The van der Waals surface area contributed by atoms with Gasteiger partial charge in [-0.2, -0.15) is 0 Å². The van der Waals surface area contributed by atoms with Crippen LogP contribution in [0.1, 0.15) is 45.4 Å². The topological polar surface area (TPSA) is 45.7 Å². The second-order valence-electron chi connectivity index (χ2n) is 5.07. The van der Waals surface area contributed by atoms with E-state index < -0.39 is 0 Å². The van der Waals surface area contributed by atoms with Crippen molar-refractivity contribution < 1.29 is 4.74 Å². The number of hydrogen-bond donors (Lipinski definition) is 2. The summed E-state index contributed by atoms with van der Waals surface area (Å²) in [5.74, 6) is 0.933. The molecule has 2 rings (SSSR count). The van der Waals surface area contributed by atoms with Crippen molar-refractivity contribution in [2.24, 2.45) is 4.99 Å². The number of nitrogens with zero attached hydrogens (tertiary/aromatic N) is 1. The Hall–Kier alpha value is -0.770. The van der Waals surface area contributed by atoms with E-state index in [1.807, 2.05) is 7.05 Å². The molecule has 2 aliphatic heterocycles. The van der Waals surface area contributed by atoms with Gasteiger partial charge in [0.2, 0.25) is 0 Å². The minimum atomic E-state index is 0.411. The number of aliphatic imine (C=N–C) groups is 1. The first kappa shape index (κ1) is 12.7. The van der Waals surface area contributed by atoms with Gasteiger partial charge in [-0.25, -0.2) is 0 Å². The van der Waals surface area contributed by atoms with Crippen LogP contribution in [-0.2, 0) is 4.74 Å². The third-order valence-corrected chi connectivity index (χ3v) is 3.72. The third kappa shape index (κ3) is 3.35. The second-order valence-corrected chi connectivity index (χ2v) is 5.07. The SMILES string of the molecule is CCCCCNC(=NC)NC1CC2CCC1O2. The number of nitrogens with one attached hydrogen (secondary N) is 2. The van der Waals surface area contributed by atoms with Crippen LogP contribution >= 0.6 is 0 Å². The van der Waals surface area contributed by atoms with E-state index in [0.717, 1.165) is 18.9 Å². The fraction of sp³-hybridized carbons (Fsp3) is 0.923. The first-order chi connectivity index (χ1) is 8.33. The fourth-order valence-corrected chi connectivity index (χ4v) is 2.74. The van der Waals surface area contributed by atoms with Crippen LogP contribution in [-0.4, -0.2) is 37.8 Å². The van der Waals surface area contributed by atoms with Gasteiger partial charge in [-0.15, -0.1) is 0 Å². The molecule has 2 bridgehead atoms. The molecule has 0 aliphatic carbocycles. The van der Waals surface area contributed by atoms with Gasteiger partial charge in [0, 0.05) is 13.6 Å². The summed E-state index contributed by atoms with van der Waals surface area (Å²) >= 11 is 0. The average Bonchev–Trinajstić information content (AvgIpc) is 2.95. The molecule has 0 aromatic carbocycles. The van der Waals surface area contributed by atoms with Crippen molar-refractivity contribution in [3.8, 4) is 0 Å². The Morgan fingerprint density at radius 1 is 1.35 bits per heavy atom. The Balaban J connectivity index is 1.69. The fourth-order valence-electron chi connectivity index (χ4n) is 2.74. The molecular formula is C13H25N3O. The first-order valence-corrected chi connectivity index (χ1v) is 6.96. The Morgan fingerprint density at radius 2 is 2.24 bits per heavy atom. The van der Waals surface area contributed by atoms with Crippen molar-refractivity contribution in [1.29, 1.82) is 0 Å². The normalized spacial score (nSPS) is 31.9. The Morgan fingerprint density at radius 3 is 2.82 bits per heavy atom. The lowest BCUT2D eigenvalue weighted by Gasteiger charge is -2.22. The van der Waals surface area contributed by atoms with Crippen LogP contribution in [0.4, 0.5) is 0 Å². The highest BCUT2D eigenvalue weighted by Crippen LogP contribution is 2.34. The molecule has 98 valence electrons. The van der Waals surface area contributed by atoms with E-state index in [1.54, 1.807) is 0 Å². The lowest BCUT2D eigenvalue weighted by Crippen LogP contribution is -2.47. The zero-order valence-corrected chi connectivity index (χ0v) is 11.0. The van der Waals surface area contributed by atoms with E-state index in [2.05, 4.69) is 22.5 Å². The van der Waals surface area contributed by atoms with Gasteiger partial charge in [-0.3, -0.25) is 4.99 Å². The van der Waals surface area contributed by atoms with Crippen molar-refractivity contribution in [3.63, 3.8) is 0 Å². The van der Waals surface area contributed by atoms with E-state index >= 15 is 0 Å². The summed E-state index contributed by atoms with van der Waals surface area (Å²) in [5.41, 5.74) is 0. The van der Waals surface area contributed by atoms with Gasteiger partial charge >= 0.3 is 0 Å². The highest BCUT2D eigenvalue weighted by molar-refractivity contribution is 5.80. The molecule has 0 aromatic heterocycles. The molecule has 0 spiro atoms. The lowest BCUT2D eigenvalue weighted by atomic mass is 9.96. The van der Waals surface area contributed by atoms with Crippen molar-refractivity contribution in [2.45, 2.75) is 63.7 Å². The molecule has 3 unspecified atom stereocenters. The molecule has 4 heteroatoms. The van der Waals surface area contributed by atoms with Gasteiger partial charge in [0.05, 0.1) is 18.2 Å². The highest BCUT2D eigenvalue weighted by Gasteiger charge is 2.40. The third-order valence-electron chi connectivity index (χ3n) is 3.72. The van der Waals surface area contributed by atoms with Crippen molar-refractivity contribution in [1.82, 2.24) is 10.6 Å². The molecule has 0 radical (unpaired) electrons. The molecule has 0 amide bonds. The minimum absolute atomic E-state index is 0.411. The molecule has 2 N–H and O–H groups in total. The van der Waals surface area contributed by atoms with Crippen molar-refractivity contribution >= 4 is 5.96 Å². The van der Waals surface area contributed by atoms with Gasteiger partial charge in [-0.05, 0) is 25.7 Å². The number of unbranched alkanes of at least 4 members (excludes halogenated alkanes) is 2. The van der Waals surface area contributed by atoms with Crippen LogP contribution in [0.3, 0.4) is 0 Å². The standard InChI is InChI=1S/C13H25N3O/c1-3-4-5-8-15-13(14-2)16-11-9-10-6-7-12(11)17-10/h10-12H,3-9H2,1-2H3,(H2,14,15,16). The summed E-state index contributed by atoms with van der Waals surface area (Å²) in [6, 6.07) is 0.464. The lowest BCUT2D eigenvalue weighted by molar-refractivity contribution is 0.0992. The van der Waals surface area contributed by atoms with E-state index in [9.17, 15) is 0 Å². The summed E-state index contributed by atoms with van der Waals surface area (Å²) in [6.07, 6.45) is 8.24. The van der Waals surface area contributed by atoms with Gasteiger partial charge in [0.15, 0.2) is 5.96 Å². The van der Waals surface area contributed by atoms with E-state index in [4.69, 9.17) is 4.74 Å². The number of fused-ring (bicyclic) bond motifs is 2. The van der Waals surface area contributed by atoms with Gasteiger partial charge in [0.1, 0.15) is 0 Å². The maximum atomic E-state index is 5.83. The molecule has 2 aliphatic rings. The Labute approximate surface area is 104 Å². The summed E-state index contributed by atoms with van der Waals surface area (Å²) < 4.78 is 5.83. The van der Waals surface area contributed by atoms with Gasteiger partial charge in [-0.1, -0.05) is 19.8 Å². The highest BCUT2D eigenvalue weighted by atomic mass is 16.5. The van der Waals surface area contributed by atoms with Crippen LogP contribution in [0.2, 0.25) is 0 Å². The molecule has 2 saturated heterocycles. The van der Waals surface area contributed by atoms with Crippen LogP contribution in [0.15, 0.2) is 4.99 Å². The molecular weight excluding hydrogens is 214 g/mol. The molecule has 3 atom stereocenters. The van der Waals surface area contributed by atoms with Crippen LogP contribution in [0, 0.1) is 0 Å². The maximum Gasteiger partial charge on any atom is 0.191 e. The monoisotopic (exact) mass is 239 g/mol. The van der Waals surface area contributed by atoms with Crippen LogP contribution in [0.5, 0.6) is 0 Å². The minimum Gasteiger partial charge on any atom is -0.373 e.